The summed E-state index contributed by atoms with van der Waals surface area (Å²) in [5, 5.41) is 3.19. The number of anilines is 1. The van der Waals surface area contributed by atoms with E-state index in [1.807, 2.05) is 5.38 Å². The van der Waals surface area contributed by atoms with Gasteiger partial charge in [0.2, 0.25) is 0 Å². The van der Waals surface area contributed by atoms with Crippen molar-refractivity contribution in [1.29, 1.82) is 0 Å². The molecule has 0 aliphatic carbocycles. The van der Waals surface area contributed by atoms with Crippen LogP contribution in [-0.4, -0.2) is 18.6 Å². The largest absolute Gasteiger partial charge is 0.374 e. The first-order valence-electron chi connectivity index (χ1n) is 5.96. The van der Waals surface area contributed by atoms with Gasteiger partial charge in [0.25, 0.3) is 0 Å². The number of rotatable bonds is 5. The van der Waals surface area contributed by atoms with E-state index in [9.17, 15) is 0 Å². The van der Waals surface area contributed by atoms with Crippen LogP contribution in [0.1, 0.15) is 16.3 Å². The predicted molar refractivity (Wildman–Crippen MR) is 79.8 cm³/mol. The highest BCUT2D eigenvalue weighted by atomic mass is 35.5. The summed E-state index contributed by atoms with van der Waals surface area (Å²) in [5.41, 5.74) is 3.52. The number of hydrogen-bond acceptors (Lipinski definition) is 3. The topological polar surface area (TPSA) is 16.1 Å². The van der Waals surface area contributed by atoms with Crippen molar-refractivity contribution in [2.24, 2.45) is 0 Å². The second kappa shape index (κ2) is 6.21. The fraction of sp³-hybridized carbons (Fsp3) is 0.357. The Hall–Kier alpha value is -1.06. The quantitative estimate of drug-likeness (QED) is 0.773. The summed E-state index contributed by atoms with van der Waals surface area (Å²) in [6.07, 6.45) is 0.964. The Bertz CT molecular complexity index is 493. The van der Waals surface area contributed by atoms with Crippen LogP contribution in [0.4, 0.5) is 5.69 Å². The van der Waals surface area contributed by atoms with Crippen molar-refractivity contribution in [1.82, 2.24) is 4.98 Å². The molecule has 1 aromatic heterocycles. The maximum absolute atomic E-state index is 5.75. The van der Waals surface area contributed by atoms with Gasteiger partial charge in [-0.15, -0.1) is 22.9 Å². The second-order valence-corrected chi connectivity index (χ2v) is 5.58. The molecule has 0 saturated carbocycles. The Labute approximate surface area is 117 Å². The van der Waals surface area contributed by atoms with Crippen LogP contribution < -0.4 is 4.90 Å². The summed E-state index contributed by atoms with van der Waals surface area (Å²) >= 11 is 7.44. The molecule has 96 valence electrons. The minimum absolute atomic E-state index is 0.504. The van der Waals surface area contributed by atoms with Gasteiger partial charge in [-0.25, -0.2) is 4.98 Å². The summed E-state index contributed by atoms with van der Waals surface area (Å²) in [7, 11) is 2.11. The Kier molecular flexibility index (Phi) is 4.61. The van der Waals surface area contributed by atoms with E-state index in [0.29, 0.717) is 5.88 Å². The smallest absolute Gasteiger partial charge is 0.0946 e. The number of hydrogen-bond donors (Lipinski definition) is 0. The van der Waals surface area contributed by atoms with Gasteiger partial charge < -0.3 is 4.90 Å². The van der Waals surface area contributed by atoms with Gasteiger partial charge in [0.05, 0.1) is 16.6 Å². The molecule has 0 amide bonds. The summed E-state index contributed by atoms with van der Waals surface area (Å²) in [6.45, 7) is 3.07. The highest BCUT2D eigenvalue weighted by Crippen LogP contribution is 2.16. The normalized spacial score (nSPS) is 10.6. The highest BCUT2D eigenvalue weighted by Gasteiger charge is 2.04. The van der Waals surface area contributed by atoms with E-state index < -0.39 is 0 Å². The van der Waals surface area contributed by atoms with E-state index >= 15 is 0 Å². The van der Waals surface area contributed by atoms with Gasteiger partial charge in [-0.2, -0.15) is 0 Å². The molecule has 0 fully saturated rings. The maximum Gasteiger partial charge on any atom is 0.0946 e. The molecule has 0 radical (unpaired) electrons. The lowest BCUT2D eigenvalue weighted by molar-refractivity contribution is 0.865. The molecule has 2 rings (SSSR count). The van der Waals surface area contributed by atoms with Crippen molar-refractivity contribution < 1.29 is 0 Å². The molecular formula is C14H17ClN2S. The van der Waals surface area contributed by atoms with Crippen LogP contribution in [0, 0.1) is 6.92 Å². The minimum Gasteiger partial charge on any atom is -0.374 e. The summed E-state index contributed by atoms with van der Waals surface area (Å²) < 4.78 is 0. The van der Waals surface area contributed by atoms with Crippen LogP contribution in [-0.2, 0) is 12.3 Å². The predicted octanol–water partition coefficient (Wildman–Crippen LogP) is 3.87. The Morgan fingerprint density at radius 1 is 1.28 bits per heavy atom. The van der Waals surface area contributed by atoms with Crippen LogP contribution in [0.5, 0.6) is 0 Å². The van der Waals surface area contributed by atoms with Crippen molar-refractivity contribution in [3.8, 4) is 0 Å². The SMILES string of the molecule is Cc1ccc(N(C)CCc2nc(CCl)cs2)cc1. The van der Waals surface area contributed by atoms with Crippen molar-refractivity contribution in [2.75, 3.05) is 18.5 Å². The van der Waals surface area contributed by atoms with E-state index in [1.54, 1.807) is 11.3 Å². The first-order chi connectivity index (χ1) is 8.69. The molecule has 2 aromatic rings. The third-order valence-corrected chi connectivity index (χ3v) is 4.10. The van der Waals surface area contributed by atoms with Crippen LogP contribution >= 0.6 is 22.9 Å². The minimum atomic E-state index is 0.504. The molecule has 0 aliphatic heterocycles. The Balaban J connectivity index is 1.91. The van der Waals surface area contributed by atoms with Gasteiger partial charge in [0, 0.05) is 31.1 Å². The summed E-state index contributed by atoms with van der Waals surface area (Å²) in [5.74, 6) is 0.504. The van der Waals surface area contributed by atoms with Gasteiger partial charge in [0.1, 0.15) is 0 Å². The third kappa shape index (κ3) is 3.47. The fourth-order valence-electron chi connectivity index (χ4n) is 1.72. The average molecular weight is 281 g/mol. The lowest BCUT2D eigenvalue weighted by atomic mass is 10.2. The van der Waals surface area contributed by atoms with E-state index in [2.05, 4.69) is 48.1 Å². The molecule has 1 aromatic carbocycles. The van der Waals surface area contributed by atoms with Gasteiger partial charge in [-0.3, -0.25) is 0 Å². The molecule has 2 nitrogen and oxygen atoms in total. The van der Waals surface area contributed by atoms with E-state index in [-0.39, 0.29) is 0 Å². The van der Waals surface area contributed by atoms with Gasteiger partial charge in [-0.05, 0) is 19.1 Å². The molecule has 1 heterocycles. The molecule has 0 N–H and O–H groups in total. The summed E-state index contributed by atoms with van der Waals surface area (Å²) in [6, 6.07) is 8.59. The number of nitrogens with zero attached hydrogens (tertiary/aromatic N) is 2. The van der Waals surface area contributed by atoms with Crippen molar-refractivity contribution in [2.45, 2.75) is 19.2 Å². The molecule has 4 heteroatoms. The zero-order valence-electron chi connectivity index (χ0n) is 10.7. The highest BCUT2D eigenvalue weighted by molar-refractivity contribution is 7.09. The molecule has 0 aliphatic rings. The molecule has 18 heavy (non-hydrogen) atoms. The molecule has 0 bridgehead atoms. The molecule has 0 saturated heterocycles. The van der Waals surface area contributed by atoms with Gasteiger partial charge in [-0.1, -0.05) is 17.7 Å². The molecule has 0 unspecified atom stereocenters. The lowest BCUT2D eigenvalue weighted by Gasteiger charge is -2.18. The van der Waals surface area contributed by atoms with Crippen LogP contribution in [0.25, 0.3) is 0 Å². The monoisotopic (exact) mass is 280 g/mol. The van der Waals surface area contributed by atoms with Crippen molar-refractivity contribution in [3.63, 3.8) is 0 Å². The van der Waals surface area contributed by atoms with Gasteiger partial charge in [0.15, 0.2) is 0 Å². The van der Waals surface area contributed by atoms with Gasteiger partial charge >= 0.3 is 0 Å². The summed E-state index contributed by atoms with van der Waals surface area (Å²) in [4.78, 5) is 6.72. The average Bonchev–Trinajstić information content (AvgIpc) is 2.85. The maximum atomic E-state index is 5.75. The number of likely N-dealkylation sites (N-methyl/N-ethyl adjacent to an activating group) is 1. The van der Waals surface area contributed by atoms with Crippen molar-refractivity contribution >= 4 is 28.6 Å². The van der Waals surface area contributed by atoms with Crippen LogP contribution in [0.3, 0.4) is 0 Å². The number of benzene rings is 1. The first-order valence-corrected chi connectivity index (χ1v) is 7.37. The number of aryl methyl sites for hydroxylation is 1. The fourth-order valence-corrected chi connectivity index (χ4v) is 2.73. The van der Waals surface area contributed by atoms with Crippen LogP contribution in [0.2, 0.25) is 0 Å². The first kappa shape index (κ1) is 13.4. The lowest BCUT2D eigenvalue weighted by Crippen LogP contribution is -2.20. The molecule has 0 spiro atoms. The Morgan fingerprint density at radius 2 is 2.00 bits per heavy atom. The van der Waals surface area contributed by atoms with E-state index in [4.69, 9.17) is 11.6 Å². The Morgan fingerprint density at radius 3 is 2.61 bits per heavy atom. The number of thiazole rings is 1. The zero-order valence-corrected chi connectivity index (χ0v) is 12.3. The van der Waals surface area contributed by atoms with E-state index in [0.717, 1.165) is 23.7 Å². The van der Waals surface area contributed by atoms with Crippen LogP contribution in [0.15, 0.2) is 29.6 Å². The number of halogens is 1. The second-order valence-electron chi connectivity index (χ2n) is 4.37. The standard InChI is InChI=1S/C14H17ClN2S/c1-11-3-5-13(6-4-11)17(2)8-7-14-16-12(9-15)10-18-14/h3-6,10H,7-9H2,1-2H3. The molecular weight excluding hydrogens is 264 g/mol. The van der Waals surface area contributed by atoms with E-state index in [1.165, 1.54) is 11.3 Å². The third-order valence-electron chi connectivity index (χ3n) is 2.87. The number of aromatic nitrogens is 1. The van der Waals surface area contributed by atoms with Crippen molar-refractivity contribution in [3.05, 3.63) is 45.9 Å². The zero-order chi connectivity index (χ0) is 13.0. The number of alkyl halides is 1. The molecule has 0 atom stereocenters.